The maximum Gasteiger partial charge on any atom is 0.213 e. The number of ether oxygens (including phenoxy) is 2. The molecule has 20 heavy (non-hydrogen) atoms. The number of aromatic nitrogens is 1. The normalized spacial score (nSPS) is 26.6. The minimum atomic E-state index is 0.165. The molecule has 0 amide bonds. The standard InChI is InChI=1S/C16H26N2O2/c1-5-13-9-17-12(4)8-15(13)20-16-7-6-14(10-18-16)19-11(2)3/h6-7,10-13,15,17H,5,8-9H2,1-4H3/t12-,13+,15+/m0/s1. The van der Waals surface area contributed by atoms with Gasteiger partial charge in [0.05, 0.1) is 12.3 Å². The molecular formula is C16H26N2O2. The summed E-state index contributed by atoms with van der Waals surface area (Å²) in [6, 6.07) is 4.33. The van der Waals surface area contributed by atoms with E-state index in [4.69, 9.17) is 9.47 Å². The average Bonchev–Trinajstić information content (AvgIpc) is 2.41. The van der Waals surface area contributed by atoms with Crippen LogP contribution in [0.1, 0.15) is 40.5 Å². The second-order valence-corrected chi connectivity index (χ2v) is 5.87. The second kappa shape index (κ2) is 6.93. The predicted molar refractivity (Wildman–Crippen MR) is 80.3 cm³/mol. The molecular weight excluding hydrogens is 252 g/mol. The Bertz CT molecular complexity index is 405. The van der Waals surface area contributed by atoms with Crippen molar-refractivity contribution in [1.29, 1.82) is 0 Å². The van der Waals surface area contributed by atoms with Gasteiger partial charge < -0.3 is 14.8 Å². The van der Waals surface area contributed by atoms with Crippen LogP contribution in [0.25, 0.3) is 0 Å². The van der Waals surface area contributed by atoms with E-state index in [9.17, 15) is 0 Å². The van der Waals surface area contributed by atoms with Crippen LogP contribution in [0.15, 0.2) is 18.3 Å². The van der Waals surface area contributed by atoms with Crippen molar-refractivity contribution in [3.63, 3.8) is 0 Å². The van der Waals surface area contributed by atoms with Crippen LogP contribution in [0, 0.1) is 5.92 Å². The highest BCUT2D eigenvalue weighted by Gasteiger charge is 2.28. The van der Waals surface area contributed by atoms with Crippen LogP contribution in [-0.4, -0.2) is 29.8 Å². The van der Waals surface area contributed by atoms with Gasteiger partial charge in [0.25, 0.3) is 0 Å². The number of rotatable bonds is 5. The molecule has 0 saturated carbocycles. The zero-order chi connectivity index (χ0) is 14.5. The van der Waals surface area contributed by atoms with Gasteiger partial charge in [0.15, 0.2) is 0 Å². The third-order valence-corrected chi connectivity index (χ3v) is 3.72. The van der Waals surface area contributed by atoms with Crippen LogP contribution >= 0.6 is 0 Å². The Morgan fingerprint density at radius 3 is 2.80 bits per heavy atom. The molecule has 1 aromatic heterocycles. The number of nitrogens with zero attached hydrogens (tertiary/aromatic N) is 1. The van der Waals surface area contributed by atoms with E-state index in [0.717, 1.165) is 25.1 Å². The number of hydrogen-bond donors (Lipinski definition) is 1. The summed E-state index contributed by atoms with van der Waals surface area (Å²) in [6.45, 7) is 9.46. The number of nitrogens with one attached hydrogen (secondary N) is 1. The Hall–Kier alpha value is -1.29. The summed E-state index contributed by atoms with van der Waals surface area (Å²) in [4.78, 5) is 4.35. The molecule has 1 N–H and O–H groups in total. The molecule has 0 unspecified atom stereocenters. The molecule has 0 aromatic carbocycles. The van der Waals surface area contributed by atoms with E-state index in [0.29, 0.717) is 17.8 Å². The van der Waals surface area contributed by atoms with Gasteiger partial charge in [0.2, 0.25) is 5.88 Å². The highest BCUT2D eigenvalue weighted by molar-refractivity contribution is 5.23. The van der Waals surface area contributed by atoms with Crippen molar-refractivity contribution >= 4 is 0 Å². The van der Waals surface area contributed by atoms with E-state index in [1.807, 2.05) is 26.0 Å². The molecule has 4 nitrogen and oxygen atoms in total. The van der Waals surface area contributed by atoms with Crippen LogP contribution < -0.4 is 14.8 Å². The molecule has 0 radical (unpaired) electrons. The van der Waals surface area contributed by atoms with Crippen molar-refractivity contribution in [2.45, 2.75) is 58.8 Å². The SMILES string of the molecule is CC[C@@H]1CN[C@@H](C)C[C@H]1Oc1ccc(OC(C)C)cn1. The molecule has 2 heterocycles. The Morgan fingerprint density at radius 1 is 1.40 bits per heavy atom. The molecule has 112 valence electrons. The van der Waals surface area contributed by atoms with Crippen molar-refractivity contribution < 1.29 is 9.47 Å². The van der Waals surface area contributed by atoms with Gasteiger partial charge in [-0.15, -0.1) is 0 Å². The van der Waals surface area contributed by atoms with Crippen molar-refractivity contribution in [3.8, 4) is 11.6 Å². The van der Waals surface area contributed by atoms with Crippen LogP contribution in [0.3, 0.4) is 0 Å². The van der Waals surface area contributed by atoms with Crippen molar-refractivity contribution in [2.75, 3.05) is 6.54 Å². The van der Waals surface area contributed by atoms with E-state index < -0.39 is 0 Å². The lowest BCUT2D eigenvalue weighted by atomic mass is 9.90. The van der Waals surface area contributed by atoms with E-state index in [1.165, 1.54) is 0 Å². The summed E-state index contributed by atoms with van der Waals surface area (Å²) < 4.78 is 11.7. The summed E-state index contributed by atoms with van der Waals surface area (Å²) in [5.41, 5.74) is 0. The topological polar surface area (TPSA) is 43.4 Å². The molecule has 1 aromatic rings. The molecule has 1 saturated heterocycles. The zero-order valence-electron chi connectivity index (χ0n) is 12.9. The lowest BCUT2D eigenvalue weighted by Gasteiger charge is -2.35. The maximum absolute atomic E-state index is 6.08. The molecule has 1 fully saturated rings. The van der Waals surface area contributed by atoms with E-state index in [1.54, 1.807) is 6.20 Å². The van der Waals surface area contributed by atoms with Gasteiger partial charge in [-0.3, -0.25) is 0 Å². The van der Waals surface area contributed by atoms with Crippen LogP contribution in [-0.2, 0) is 0 Å². The molecule has 3 atom stereocenters. The van der Waals surface area contributed by atoms with Gasteiger partial charge in [-0.1, -0.05) is 6.92 Å². The van der Waals surface area contributed by atoms with Crippen LogP contribution in [0.4, 0.5) is 0 Å². The molecule has 0 aliphatic carbocycles. The van der Waals surface area contributed by atoms with Crippen molar-refractivity contribution in [2.24, 2.45) is 5.92 Å². The Labute approximate surface area is 121 Å². The molecule has 1 aliphatic heterocycles. The highest BCUT2D eigenvalue weighted by Crippen LogP contribution is 2.24. The Kier molecular flexibility index (Phi) is 5.24. The fourth-order valence-corrected chi connectivity index (χ4v) is 2.59. The lowest BCUT2D eigenvalue weighted by Crippen LogP contribution is -2.47. The molecule has 4 heteroatoms. The summed E-state index contributed by atoms with van der Waals surface area (Å²) in [6.07, 6.45) is 4.31. The van der Waals surface area contributed by atoms with Gasteiger partial charge >= 0.3 is 0 Å². The van der Waals surface area contributed by atoms with Crippen LogP contribution in [0.5, 0.6) is 11.6 Å². The van der Waals surface area contributed by atoms with Gasteiger partial charge in [0.1, 0.15) is 11.9 Å². The van der Waals surface area contributed by atoms with Gasteiger partial charge in [-0.25, -0.2) is 4.98 Å². The summed E-state index contributed by atoms with van der Waals surface area (Å²) in [5.74, 6) is 2.04. The van der Waals surface area contributed by atoms with E-state index >= 15 is 0 Å². The lowest BCUT2D eigenvalue weighted by molar-refractivity contribution is 0.0791. The minimum Gasteiger partial charge on any atom is -0.489 e. The first-order valence-corrected chi connectivity index (χ1v) is 7.61. The first kappa shape index (κ1) is 15.1. The van der Waals surface area contributed by atoms with Gasteiger partial charge in [0, 0.05) is 24.6 Å². The van der Waals surface area contributed by atoms with Gasteiger partial charge in [-0.2, -0.15) is 0 Å². The molecule has 0 spiro atoms. The predicted octanol–water partition coefficient (Wildman–Crippen LogP) is 3.02. The first-order chi connectivity index (χ1) is 9.58. The molecule has 2 rings (SSSR count). The number of pyridine rings is 1. The van der Waals surface area contributed by atoms with Crippen molar-refractivity contribution in [3.05, 3.63) is 18.3 Å². The highest BCUT2D eigenvalue weighted by atomic mass is 16.5. The Balaban J connectivity index is 1.97. The fraction of sp³-hybridized carbons (Fsp3) is 0.688. The summed E-state index contributed by atoms with van der Waals surface area (Å²) >= 11 is 0. The summed E-state index contributed by atoms with van der Waals surface area (Å²) in [5, 5.41) is 3.51. The number of hydrogen-bond acceptors (Lipinski definition) is 4. The largest absolute Gasteiger partial charge is 0.489 e. The molecule has 0 bridgehead atoms. The van der Waals surface area contributed by atoms with E-state index in [2.05, 4.69) is 24.1 Å². The smallest absolute Gasteiger partial charge is 0.213 e. The third-order valence-electron chi connectivity index (χ3n) is 3.72. The zero-order valence-corrected chi connectivity index (χ0v) is 12.9. The van der Waals surface area contributed by atoms with Crippen LogP contribution in [0.2, 0.25) is 0 Å². The quantitative estimate of drug-likeness (QED) is 0.899. The Morgan fingerprint density at radius 2 is 2.20 bits per heavy atom. The number of piperidine rings is 1. The summed E-state index contributed by atoms with van der Waals surface area (Å²) in [7, 11) is 0. The van der Waals surface area contributed by atoms with Crippen molar-refractivity contribution in [1.82, 2.24) is 10.3 Å². The first-order valence-electron chi connectivity index (χ1n) is 7.61. The minimum absolute atomic E-state index is 0.165. The maximum atomic E-state index is 6.08. The third kappa shape index (κ3) is 4.10. The fourth-order valence-electron chi connectivity index (χ4n) is 2.59. The van der Waals surface area contributed by atoms with Gasteiger partial charge in [-0.05, 0) is 39.7 Å². The molecule has 1 aliphatic rings. The second-order valence-electron chi connectivity index (χ2n) is 5.87. The average molecular weight is 278 g/mol. The monoisotopic (exact) mass is 278 g/mol. The van der Waals surface area contributed by atoms with E-state index in [-0.39, 0.29) is 12.2 Å².